The van der Waals surface area contributed by atoms with Gasteiger partial charge in [0.2, 0.25) is 0 Å². The van der Waals surface area contributed by atoms with E-state index in [1.807, 2.05) is 35.2 Å². The van der Waals surface area contributed by atoms with Crippen LogP contribution in [0.2, 0.25) is 0 Å². The van der Waals surface area contributed by atoms with E-state index in [0.29, 0.717) is 13.0 Å². The fraction of sp³-hybridized carbons (Fsp3) is 0.500. The van der Waals surface area contributed by atoms with Crippen molar-refractivity contribution in [3.63, 3.8) is 0 Å². The van der Waals surface area contributed by atoms with Crippen LogP contribution in [0.15, 0.2) is 30.3 Å². The molecule has 2 nitrogen and oxygen atoms in total. The summed E-state index contributed by atoms with van der Waals surface area (Å²) >= 11 is 0. The van der Waals surface area contributed by atoms with E-state index >= 15 is 0 Å². The minimum Gasteiger partial charge on any atom is -0.393 e. The first-order chi connectivity index (χ1) is 7.22. The van der Waals surface area contributed by atoms with Gasteiger partial charge in [0.05, 0.1) is 6.61 Å². The van der Waals surface area contributed by atoms with E-state index in [4.69, 9.17) is 5.11 Å². The Morgan fingerprint density at radius 2 is 2.07 bits per heavy atom. The molecule has 0 amide bonds. The van der Waals surface area contributed by atoms with Gasteiger partial charge in [-0.15, -0.1) is 0 Å². The van der Waals surface area contributed by atoms with E-state index in [-0.39, 0.29) is 6.61 Å². The predicted molar refractivity (Wildman–Crippen MR) is 57.3 cm³/mol. The van der Waals surface area contributed by atoms with Gasteiger partial charge >= 0.3 is 0 Å². The highest BCUT2D eigenvalue weighted by Crippen LogP contribution is 2.25. The molecule has 1 aromatic carbocycles. The van der Waals surface area contributed by atoms with Crippen LogP contribution in [0.5, 0.6) is 0 Å². The van der Waals surface area contributed by atoms with Crippen molar-refractivity contribution >= 4 is 0 Å². The summed E-state index contributed by atoms with van der Waals surface area (Å²) in [6.45, 7) is 1.48. The molecule has 1 aromatic rings. The van der Waals surface area contributed by atoms with Gasteiger partial charge in [-0.1, -0.05) is 30.3 Å². The number of alkyl halides is 1. The number of halogens is 1. The average molecular weight is 209 g/mol. The summed E-state index contributed by atoms with van der Waals surface area (Å²) in [5.74, 6) is 0. The van der Waals surface area contributed by atoms with Crippen molar-refractivity contribution in [2.75, 3.05) is 19.7 Å². The largest absolute Gasteiger partial charge is 0.393 e. The number of hydrogen-bond donors (Lipinski definition) is 1. The minimum absolute atomic E-state index is 0.346. The fourth-order valence-electron chi connectivity index (χ4n) is 2.02. The number of aliphatic hydroxyl groups excluding tert-OH is 1. The van der Waals surface area contributed by atoms with Gasteiger partial charge in [-0.2, -0.15) is 0 Å². The molecule has 1 aliphatic rings. The standard InChI is InChI=1S/C12H16FNO/c13-12(10-15)6-7-14(9-12)8-11-4-2-1-3-5-11/h1-5,15H,6-10H2. The quantitative estimate of drug-likeness (QED) is 0.817. The third-order valence-electron chi connectivity index (χ3n) is 2.92. The Morgan fingerprint density at radius 3 is 2.67 bits per heavy atom. The number of nitrogens with zero attached hydrogens (tertiary/aromatic N) is 1. The number of benzene rings is 1. The van der Waals surface area contributed by atoms with Crippen molar-refractivity contribution in [1.82, 2.24) is 4.90 Å². The maximum Gasteiger partial charge on any atom is 0.147 e. The molecule has 0 saturated carbocycles. The van der Waals surface area contributed by atoms with Gasteiger partial charge < -0.3 is 5.11 Å². The van der Waals surface area contributed by atoms with Gasteiger partial charge in [-0.25, -0.2) is 4.39 Å². The lowest BCUT2D eigenvalue weighted by Gasteiger charge is -2.18. The first-order valence-corrected chi connectivity index (χ1v) is 5.28. The van der Waals surface area contributed by atoms with Gasteiger partial charge in [0, 0.05) is 19.6 Å². The van der Waals surface area contributed by atoms with E-state index < -0.39 is 5.67 Å². The highest BCUT2D eigenvalue weighted by Gasteiger charge is 2.37. The Bertz CT molecular complexity index is 317. The van der Waals surface area contributed by atoms with Crippen molar-refractivity contribution in [2.24, 2.45) is 0 Å². The summed E-state index contributed by atoms with van der Waals surface area (Å²) in [6.07, 6.45) is 0.441. The lowest BCUT2D eigenvalue weighted by Crippen LogP contribution is -2.32. The number of aliphatic hydroxyl groups is 1. The Morgan fingerprint density at radius 1 is 1.33 bits per heavy atom. The van der Waals surface area contributed by atoms with Gasteiger partial charge in [0.25, 0.3) is 0 Å². The first kappa shape index (κ1) is 10.6. The summed E-state index contributed by atoms with van der Waals surface area (Å²) in [7, 11) is 0. The van der Waals surface area contributed by atoms with Crippen LogP contribution < -0.4 is 0 Å². The van der Waals surface area contributed by atoms with Crippen LogP contribution in [-0.4, -0.2) is 35.4 Å². The maximum atomic E-state index is 13.7. The Labute approximate surface area is 89.3 Å². The minimum atomic E-state index is -1.38. The molecule has 82 valence electrons. The Hall–Kier alpha value is -0.930. The average Bonchev–Trinajstić information content (AvgIpc) is 2.63. The summed E-state index contributed by atoms with van der Waals surface area (Å²) in [4.78, 5) is 2.05. The summed E-state index contributed by atoms with van der Waals surface area (Å²) in [6, 6.07) is 10.0. The monoisotopic (exact) mass is 209 g/mol. The predicted octanol–water partition coefficient (Wildman–Crippen LogP) is 1.59. The van der Waals surface area contributed by atoms with Crippen molar-refractivity contribution in [2.45, 2.75) is 18.6 Å². The van der Waals surface area contributed by atoms with Gasteiger partial charge in [0.1, 0.15) is 5.67 Å². The van der Waals surface area contributed by atoms with Crippen LogP contribution in [0.25, 0.3) is 0 Å². The Balaban J connectivity index is 1.93. The molecule has 0 radical (unpaired) electrons. The van der Waals surface area contributed by atoms with E-state index in [1.165, 1.54) is 5.56 Å². The molecular weight excluding hydrogens is 193 g/mol. The van der Waals surface area contributed by atoms with E-state index in [2.05, 4.69) is 0 Å². The van der Waals surface area contributed by atoms with Crippen molar-refractivity contribution in [1.29, 1.82) is 0 Å². The van der Waals surface area contributed by atoms with E-state index in [9.17, 15) is 4.39 Å². The molecule has 1 saturated heterocycles. The molecule has 1 fully saturated rings. The lowest BCUT2D eigenvalue weighted by molar-refractivity contribution is 0.0769. The van der Waals surface area contributed by atoms with Gasteiger partial charge in [0.15, 0.2) is 0 Å². The smallest absolute Gasteiger partial charge is 0.147 e. The zero-order valence-corrected chi connectivity index (χ0v) is 8.69. The van der Waals surface area contributed by atoms with Crippen LogP contribution >= 0.6 is 0 Å². The second kappa shape index (κ2) is 4.29. The lowest BCUT2D eigenvalue weighted by atomic mass is 10.1. The van der Waals surface area contributed by atoms with E-state index in [0.717, 1.165) is 13.1 Å². The maximum absolute atomic E-state index is 13.7. The topological polar surface area (TPSA) is 23.5 Å². The van der Waals surface area contributed by atoms with Crippen LogP contribution in [0.1, 0.15) is 12.0 Å². The molecular formula is C12H16FNO. The molecule has 1 heterocycles. The van der Waals surface area contributed by atoms with Crippen molar-refractivity contribution in [3.05, 3.63) is 35.9 Å². The molecule has 1 atom stereocenters. The molecule has 1 N–H and O–H groups in total. The number of likely N-dealkylation sites (tertiary alicyclic amines) is 1. The SMILES string of the molecule is OCC1(F)CCN(Cc2ccccc2)C1. The zero-order chi connectivity index (χ0) is 10.7. The normalized spacial score (nSPS) is 27.1. The molecule has 0 aliphatic carbocycles. The first-order valence-electron chi connectivity index (χ1n) is 5.28. The molecule has 15 heavy (non-hydrogen) atoms. The van der Waals surface area contributed by atoms with Crippen LogP contribution in [0, 0.1) is 0 Å². The van der Waals surface area contributed by atoms with Crippen molar-refractivity contribution in [3.8, 4) is 0 Å². The molecule has 0 aromatic heterocycles. The molecule has 0 spiro atoms. The molecule has 0 bridgehead atoms. The summed E-state index contributed by atoms with van der Waals surface area (Å²) in [5, 5.41) is 8.91. The molecule has 1 unspecified atom stereocenters. The summed E-state index contributed by atoms with van der Waals surface area (Å²) in [5.41, 5.74) is -0.186. The van der Waals surface area contributed by atoms with Gasteiger partial charge in [-0.05, 0) is 12.0 Å². The van der Waals surface area contributed by atoms with Crippen LogP contribution in [0.3, 0.4) is 0 Å². The second-order valence-electron chi connectivity index (χ2n) is 4.26. The molecule has 1 aliphatic heterocycles. The molecule has 3 heteroatoms. The Kier molecular flexibility index (Phi) is 3.03. The third kappa shape index (κ3) is 2.55. The third-order valence-corrected chi connectivity index (χ3v) is 2.92. The van der Waals surface area contributed by atoms with Crippen molar-refractivity contribution < 1.29 is 9.50 Å². The van der Waals surface area contributed by atoms with Gasteiger partial charge in [-0.3, -0.25) is 4.90 Å². The fourth-order valence-corrected chi connectivity index (χ4v) is 2.02. The van der Waals surface area contributed by atoms with Crippen LogP contribution in [0.4, 0.5) is 4.39 Å². The second-order valence-corrected chi connectivity index (χ2v) is 4.26. The number of rotatable bonds is 3. The van der Waals surface area contributed by atoms with E-state index in [1.54, 1.807) is 0 Å². The highest BCUT2D eigenvalue weighted by atomic mass is 19.1. The van der Waals surface area contributed by atoms with Crippen LogP contribution in [-0.2, 0) is 6.54 Å². The number of hydrogen-bond acceptors (Lipinski definition) is 2. The highest BCUT2D eigenvalue weighted by molar-refractivity contribution is 5.14. The summed E-state index contributed by atoms with van der Waals surface area (Å²) < 4.78 is 13.7. The zero-order valence-electron chi connectivity index (χ0n) is 8.69. The molecule has 2 rings (SSSR count).